The van der Waals surface area contributed by atoms with Crippen LogP contribution in [0, 0.1) is 15.5 Å². The highest BCUT2D eigenvalue weighted by Gasteiger charge is 2.42. The van der Waals surface area contributed by atoms with E-state index in [-0.39, 0.29) is 16.4 Å². The summed E-state index contributed by atoms with van der Waals surface area (Å²) in [5.74, 6) is -0.354. The Bertz CT molecular complexity index is 880. The van der Waals surface area contributed by atoms with Crippen LogP contribution >= 0.6 is 0 Å². The fourth-order valence-corrected chi connectivity index (χ4v) is 4.93. The zero-order valence-corrected chi connectivity index (χ0v) is 18.2. The van der Waals surface area contributed by atoms with Crippen molar-refractivity contribution in [1.82, 2.24) is 9.21 Å². The second kappa shape index (κ2) is 9.45. The molecule has 0 saturated heterocycles. The van der Waals surface area contributed by atoms with Crippen LogP contribution in [0.5, 0.6) is 0 Å². The van der Waals surface area contributed by atoms with Crippen molar-refractivity contribution in [1.29, 1.82) is 0 Å². The first-order valence-electron chi connectivity index (χ1n) is 9.47. The van der Waals surface area contributed by atoms with Gasteiger partial charge in [0.15, 0.2) is 11.0 Å². The number of para-hydroxylation sites is 1. The fraction of sp³-hybridized carbons (Fsp3) is 0.429. The molecule has 2 unspecified atom stereocenters. The Morgan fingerprint density at radius 2 is 2.14 bits per heavy atom. The van der Waals surface area contributed by atoms with E-state index in [2.05, 4.69) is 18.4 Å². The number of nitro benzene ring substituents is 1. The molecule has 1 heterocycles. The Kier molecular flexibility index (Phi) is 7.48. The fourth-order valence-electron chi connectivity index (χ4n) is 3.42. The van der Waals surface area contributed by atoms with Crippen molar-refractivity contribution in [2.45, 2.75) is 32.1 Å². The van der Waals surface area contributed by atoms with Crippen molar-refractivity contribution in [2.75, 3.05) is 26.7 Å². The summed E-state index contributed by atoms with van der Waals surface area (Å²) in [4.78, 5) is 13.1. The third-order valence-electron chi connectivity index (χ3n) is 5.26. The molecule has 0 bridgehead atoms. The van der Waals surface area contributed by atoms with Crippen LogP contribution in [-0.2, 0) is 11.0 Å². The van der Waals surface area contributed by atoms with Gasteiger partial charge in [0.1, 0.15) is 4.90 Å². The largest absolute Gasteiger partial charge is 0.307 e. The molecule has 2 atom stereocenters. The maximum atomic E-state index is 13.9. The Balaban J connectivity index is 2.52. The average molecular weight is 422 g/mol. The molecule has 8 heteroatoms. The number of hydrogen-bond acceptors (Lipinski definition) is 4. The van der Waals surface area contributed by atoms with E-state index in [1.807, 2.05) is 14.0 Å². The van der Waals surface area contributed by atoms with Crippen molar-refractivity contribution in [2.24, 2.45) is 5.41 Å². The number of benzene rings is 1. The van der Waals surface area contributed by atoms with Gasteiger partial charge in [-0.3, -0.25) is 14.4 Å². The standard InChI is InChI=1S/C21H28FN3O3S/c1-6-18-17(14-16(3)22)21(4,12-13-23(5)7-2)15-24(18)29(28)20-11-9-8-10-19(20)25(26)27/h6,8-11,14H,1,7,12-13,15H2,2-5H3/b16-14+. The van der Waals surface area contributed by atoms with Crippen LogP contribution in [0.1, 0.15) is 27.2 Å². The zero-order valence-electron chi connectivity index (χ0n) is 17.4. The maximum Gasteiger partial charge on any atom is 0.287 e. The molecule has 6 nitrogen and oxygen atoms in total. The van der Waals surface area contributed by atoms with Gasteiger partial charge in [0.05, 0.1) is 16.4 Å². The lowest BCUT2D eigenvalue weighted by Gasteiger charge is -2.29. The molecule has 0 saturated carbocycles. The van der Waals surface area contributed by atoms with E-state index < -0.39 is 21.3 Å². The average Bonchev–Trinajstić information content (AvgIpc) is 2.97. The zero-order chi connectivity index (χ0) is 21.8. The van der Waals surface area contributed by atoms with Crippen LogP contribution in [0.2, 0.25) is 0 Å². The molecule has 1 aliphatic heterocycles. The minimum absolute atomic E-state index is 0.118. The number of halogens is 1. The molecule has 0 aromatic heterocycles. The molecule has 0 N–H and O–H groups in total. The molecule has 0 amide bonds. The van der Waals surface area contributed by atoms with E-state index in [4.69, 9.17) is 0 Å². The van der Waals surface area contributed by atoms with Crippen molar-refractivity contribution in [3.05, 3.63) is 70.2 Å². The Labute approximate surface area is 174 Å². The predicted molar refractivity (Wildman–Crippen MR) is 114 cm³/mol. The lowest BCUT2D eigenvalue weighted by atomic mass is 9.80. The van der Waals surface area contributed by atoms with E-state index >= 15 is 0 Å². The van der Waals surface area contributed by atoms with Gasteiger partial charge in [0.25, 0.3) is 5.69 Å². The maximum absolute atomic E-state index is 13.9. The number of allylic oxidation sites excluding steroid dienone is 3. The second-order valence-corrected chi connectivity index (χ2v) is 8.83. The monoisotopic (exact) mass is 421 g/mol. The number of hydrogen-bond donors (Lipinski definition) is 0. The number of nitro groups is 1. The van der Waals surface area contributed by atoms with E-state index in [1.54, 1.807) is 22.5 Å². The van der Waals surface area contributed by atoms with Gasteiger partial charge in [-0.15, -0.1) is 0 Å². The molecule has 29 heavy (non-hydrogen) atoms. The summed E-state index contributed by atoms with van der Waals surface area (Å²) in [6.07, 6.45) is 3.73. The first-order valence-corrected chi connectivity index (χ1v) is 10.6. The molecule has 1 aromatic rings. The third kappa shape index (κ3) is 5.00. The lowest BCUT2D eigenvalue weighted by molar-refractivity contribution is -0.387. The van der Waals surface area contributed by atoms with Gasteiger partial charge in [-0.2, -0.15) is 0 Å². The van der Waals surface area contributed by atoms with Crippen LogP contribution in [-0.4, -0.2) is 45.0 Å². The van der Waals surface area contributed by atoms with Crippen LogP contribution in [0.3, 0.4) is 0 Å². The summed E-state index contributed by atoms with van der Waals surface area (Å²) >= 11 is 0. The Morgan fingerprint density at radius 3 is 2.69 bits per heavy atom. The van der Waals surface area contributed by atoms with Crippen molar-refractivity contribution in [3.8, 4) is 0 Å². The molecular weight excluding hydrogens is 393 g/mol. The summed E-state index contributed by atoms with van der Waals surface area (Å²) in [5.41, 5.74) is 0.580. The SMILES string of the molecule is C=CC1=C(/C=C(\C)F)C(C)(CCN(C)CC)CN1S(=O)c1ccccc1[N+](=O)[O-]. The van der Waals surface area contributed by atoms with E-state index in [0.717, 1.165) is 19.5 Å². The second-order valence-electron chi connectivity index (χ2n) is 7.45. The van der Waals surface area contributed by atoms with Crippen molar-refractivity contribution in [3.63, 3.8) is 0 Å². The molecule has 158 valence electrons. The van der Waals surface area contributed by atoms with Crippen molar-refractivity contribution >= 4 is 16.7 Å². The summed E-state index contributed by atoms with van der Waals surface area (Å²) in [6, 6.07) is 5.99. The van der Waals surface area contributed by atoms with E-state index in [0.29, 0.717) is 17.8 Å². The summed E-state index contributed by atoms with van der Waals surface area (Å²) in [7, 11) is 0.188. The van der Waals surface area contributed by atoms with Gasteiger partial charge in [0.2, 0.25) is 0 Å². The quantitative estimate of drug-likeness (QED) is 0.432. The van der Waals surface area contributed by atoms with Crippen LogP contribution in [0.15, 0.2) is 65.0 Å². The van der Waals surface area contributed by atoms with Gasteiger partial charge >= 0.3 is 0 Å². The topological polar surface area (TPSA) is 66.7 Å². The molecule has 0 aliphatic carbocycles. The first kappa shape index (κ1) is 23.0. The minimum atomic E-state index is -1.82. The molecule has 0 spiro atoms. The Hall–Kier alpha value is -2.32. The van der Waals surface area contributed by atoms with E-state index in [9.17, 15) is 18.7 Å². The molecule has 0 fully saturated rings. The number of nitrogens with zero attached hydrogens (tertiary/aromatic N) is 3. The molecule has 1 aromatic carbocycles. The van der Waals surface area contributed by atoms with Gasteiger partial charge in [-0.05, 0) is 57.3 Å². The smallest absolute Gasteiger partial charge is 0.287 e. The van der Waals surface area contributed by atoms with Crippen LogP contribution < -0.4 is 0 Å². The normalized spacial score (nSPS) is 21.0. The van der Waals surface area contributed by atoms with Gasteiger partial charge in [-0.1, -0.05) is 32.6 Å². The minimum Gasteiger partial charge on any atom is -0.307 e. The van der Waals surface area contributed by atoms with Crippen LogP contribution in [0.4, 0.5) is 10.1 Å². The van der Waals surface area contributed by atoms with Gasteiger partial charge < -0.3 is 4.90 Å². The summed E-state index contributed by atoms with van der Waals surface area (Å²) < 4.78 is 28.9. The highest BCUT2D eigenvalue weighted by atomic mass is 32.2. The molecule has 1 aliphatic rings. The lowest BCUT2D eigenvalue weighted by Crippen LogP contribution is -2.32. The Morgan fingerprint density at radius 1 is 1.48 bits per heavy atom. The van der Waals surface area contributed by atoms with E-state index in [1.165, 1.54) is 25.1 Å². The molecule has 0 radical (unpaired) electrons. The van der Waals surface area contributed by atoms with Gasteiger partial charge in [0, 0.05) is 18.0 Å². The first-order chi connectivity index (χ1) is 13.6. The summed E-state index contributed by atoms with van der Waals surface area (Å²) in [6.45, 7) is 11.3. The molecule has 2 rings (SSSR count). The predicted octanol–water partition coefficient (Wildman–Crippen LogP) is 4.59. The van der Waals surface area contributed by atoms with Crippen molar-refractivity contribution < 1.29 is 13.5 Å². The van der Waals surface area contributed by atoms with Gasteiger partial charge in [-0.25, -0.2) is 8.60 Å². The van der Waals surface area contributed by atoms with Crippen LogP contribution in [0.25, 0.3) is 0 Å². The highest BCUT2D eigenvalue weighted by molar-refractivity contribution is 7.83. The third-order valence-corrected chi connectivity index (χ3v) is 6.71. The highest BCUT2D eigenvalue weighted by Crippen LogP contribution is 2.45. The number of rotatable bonds is 9. The molecular formula is C21H28FN3O3S. The summed E-state index contributed by atoms with van der Waals surface area (Å²) in [5, 5.41) is 11.4.